The highest BCUT2D eigenvalue weighted by Gasteiger charge is 2.14. The SMILES string of the molecule is Cc1cc(Sc2cnc(N)cc2C(=O)O)n(C)n1. The first kappa shape index (κ1) is 12.4. The molecular formula is C11H12N4O2S. The largest absolute Gasteiger partial charge is 0.478 e. The van der Waals surface area contributed by atoms with Crippen LogP contribution in [0.3, 0.4) is 0 Å². The van der Waals surface area contributed by atoms with Crippen molar-refractivity contribution in [3.8, 4) is 0 Å². The number of pyridine rings is 1. The minimum atomic E-state index is -1.02. The Labute approximate surface area is 108 Å². The average Bonchev–Trinajstić information content (AvgIpc) is 2.60. The summed E-state index contributed by atoms with van der Waals surface area (Å²) >= 11 is 1.30. The van der Waals surface area contributed by atoms with Gasteiger partial charge in [0, 0.05) is 18.1 Å². The molecule has 0 radical (unpaired) electrons. The average molecular weight is 264 g/mol. The highest BCUT2D eigenvalue weighted by Crippen LogP contribution is 2.30. The number of rotatable bonds is 3. The number of carboxylic acid groups (broad SMARTS) is 1. The Morgan fingerprint density at radius 1 is 1.50 bits per heavy atom. The van der Waals surface area contributed by atoms with Gasteiger partial charge in [0.1, 0.15) is 5.82 Å². The van der Waals surface area contributed by atoms with Gasteiger partial charge >= 0.3 is 5.97 Å². The first-order valence-electron chi connectivity index (χ1n) is 5.14. The number of aryl methyl sites for hydroxylation is 2. The van der Waals surface area contributed by atoms with Crippen LogP contribution < -0.4 is 5.73 Å². The van der Waals surface area contributed by atoms with Crippen LogP contribution in [0, 0.1) is 6.92 Å². The van der Waals surface area contributed by atoms with Gasteiger partial charge in [-0.15, -0.1) is 0 Å². The van der Waals surface area contributed by atoms with Crippen molar-refractivity contribution in [2.24, 2.45) is 7.05 Å². The minimum absolute atomic E-state index is 0.145. The molecule has 2 aromatic heterocycles. The zero-order valence-corrected chi connectivity index (χ0v) is 10.7. The lowest BCUT2D eigenvalue weighted by Gasteiger charge is -2.06. The predicted molar refractivity (Wildman–Crippen MR) is 67.7 cm³/mol. The fourth-order valence-corrected chi connectivity index (χ4v) is 2.49. The third kappa shape index (κ3) is 2.45. The van der Waals surface area contributed by atoms with Gasteiger partial charge in [-0.2, -0.15) is 5.10 Å². The normalized spacial score (nSPS) is 10.6. The van der Waals surface area contributed by atoms with Crippen LogP contribution >= 0.6 is 11.8 Å². The zero-order valence-electron chi connectivity index (χ0n) is 9.91. The number of nitrogens with zero attached hydrogens (tertiary/aromatic N) is 3. The predicted octanol–water partition coefficient (Wildman–Crippen LogP) is 1.56. The van der Waals surface area contributed by atoms with Crippen molar-refractivity contribution in [2.45, 2.75) is 16.8 Å². The summed E-state index contributed by atoms with van der Waals surface area (Å²) in [6.07, 6.45) is 1.46. The van der Waals surface area contributed by atoms with Crippen molar-refractivity contribution in [2.75, 3.05) is 5.73 Å². The maximum atomic E-state index is 11.1. The van der Waals surface area contributed by atoms with Crippen molar-refractivity contribution in [3.05, 3.63) is 29.6 Å². The first-order chi connectivity index (χ1) is 8.47. The summed E-state index contributed by atoms with van der Waals surface area (Å²) in [5.74, 6) is -0.830. The van der Waals surface area contributed by atoms with Crippen LogP contribution in [0.2, 0.25) is 0 Å². The van der Waals surface area contributed by atoms with Crippen molar-refractivity contribution < 1.29 is 9.90 Å². The van der Waals surface area contributed by atoms with Gasteiger partial charge in [-0.3, -0.25) is 4.68 Å². The number of nitrogen functional groups attached to an aromatic ring is 1. The highest BCUT2D eigenvalue weighted by atomic mass is 32.2. The van der Waals surface area contributed by atoms with Crippen molar-refractivity contribution in [3.63, 3.8) is 0 Å². The van der Waals surface area contributed by atoms with Gasteiger partial charge in [-0.25, -0.2) is 9.78 Å². The molecule has 0 saturated heterocycles. The van der Waals surface area contributed by atoms with Crippen molar-refractivity contribution in [1.82, 2.24) is 14.8 Å². The number of anilines is 1. The topological polar surface area (TPSA) is 94.0 Å². The number of carboxylic acids is 1. The van der Waals surface area contributed by atoms with E-state index in [1.54, 1.807) is 11.7 Å². The van der Waals surface area contributed by atoms with Crippen molar-refractivity contribution in [1.29, 1.82) is 0 Å². The third-order valence-electron chi connectivity index (χ3n) is 2.29. The summed E-state index contributed by atoms with van der Waals surface area (Å²) in [6, 6.07) is 3.24. The molecule has 0 amide bonds. The summed E-state index contributed by atoms with van der Waals surface area (Å²) in [5, 5.41) is 14.2. The van der Waals surface area contributed by atoms with Gasteiger partial charge in [0.25, 0.3) is 0 Å². The van der Waals surface area contributed by atoms with Gasteiger partial charge in [-0.1, -0.05) is 11.8 Å². The number of aromatic nitrogens is 3. The lowest BCUT2D eigenvalue weighted by Crippen LogP contribution is -2.02. The summed E-state index contributed by atoms with van der Waals surface area (Å²) in [5.41, 5.74) is 6.51. The summed E-state index contributed by atoms with van der Waals surface area (Å²) in [6.45, 7) is 1.88. The van der Waals surface area contributed by atoms with E-state index in [0.717, 1.165) is 10.7 Å². The van der Waals surface area contributed by atoms with E-state index in [9.17, 15) is 4.79 Å². The zero-order chi connectivity index (χ0) is 13.3. The molecule has 0 aliphatic carbocycles. The highest BCUT2D eigenvalue weighted by molar-refractivity contribution is 7.99. The Bertz CT molecular complexity index is 609. The van der Waals surface area contributed by atoms with E-state index in [0.29, 0.717) is 4.90 Å². The molecular weight excluding hydrogens is 252 g/mol. The number of carbonyl (C=O) groups is 1. The molecule has 0 aliphatic rings. The van der Waals surface area contributed by atoms with E-state index in [2.05, 4.69) is 10.1 Å². The maximum absolute atomic E-state index is 11.1. The second-order valence-electron chi connectivity index (χ2n) is 3.76. The Hall–Kier alpha value is -2.02. The van der Waals surface area contributed by atoms with Crippen LogP contribution in [0.4, 0.5) is 5.82 Å². The van der Waals surface area contributed by atoms with Crippen LogP contribution in [0.15, 0.2) is 28.3 Å². The number of nitrogens with two attached hydrogens (primary N) is 1. The first-order valence-corrected chi connectivity index (χ1v) is 5.96. The second-order valence-corrected chi connectivity index (χ2v) is 4.82. The van der Waals surface area contributed by atoms with E-state index in [1.165, 1.54) is 24.0 Å². The molecule has 0 fully saturated rings. The van der Waals surface area contributed by atoms with Gasteiger partial charge < -0.3 is 10.8 Å². The second kappa shape index (κ2) is 4.69. The van der Waals surface area contributed by atoms with Gasteiger partial charge in [-0.05, 0) is 19.1 Å². The molecule has 7 heteroatoms. The maximum Gasteiger partial charge on any atom is 0.337 e. The fourth-order valence-electron chi connectivity index (χ4n) is 1.50. The molecule has 6 nitrogen and oxygen atoms in total. The molecule has 0 aromatic carbocycles. The Kier molecular flexibility index (Phi) is 3.24. The molecule has 0 unspecified atom stereocenters. The molecule has 0 spiro atoms. The molecule has 2 heterocycles. The molecule has 94 valence electrons. The monoisotopic (exact) mass is 264 g/mol. The van der Waals surface area contributed by atoms with E-state index < -0.39 is 5.97 Å². The lowest BCUT2D eigenvalue weighted by molar-refractivity contribution is 0.0693. The van der Waals surface area contributed by atoms with Crippen LogP contribution in [-0.2, 0) is 7.05 Å². The summed E-state index contributed by atoms with van der Waals surface area (Å²) in [7, 11) is 1.81. The van der Waals surface area contributed by atoms with Crippen LogP contribution in [0.5, 0.6) is 0 Å². The quantitative estimate of drug-likeness (QED) is 0.873. The van der Waals surface area contributed by atoms with Crippen molar-refractivity contribution >= 4 is 23.5 Å². The van der Waals surface area contributed by atoms with Gasteiger partial charge in [0.15, 0.2) is 0 Å². The van der Waals surface area contributed by atoms with E-state index in [-0.39, 0.29) is 11.4 Å². The standard InChI is InChI=1S/C11H12N4O2S/c1-6-3-10(15(2)14-6)18-8-5-13-9(12)4-7(8)11(16)17/h3-5H,1-2H3,(H2,12,13)(H,16,17). The number of aromatic carboxylic acids is 1. The molecule has 2 rings (SSSR count). The lowest BCUT2D eigenvalue weighted by atomic mass is 10.2. The minimum Gasteiger partial charge on any atom is -0.478 e. The molecule has 0 saturated carbocycles. The number of hydrogen-bond acceptors (Lipinski definition) is 5. The van der Waals surface area contributed by atoms with E-state index >= 15 is 0 Å². The Balaban J connectivity index is 2.40. The molecule has 3 N–H and O–H groups in total. The van der Waals surface area contributed by atoms with Gasteiger partial charge in [0.05, 0.1) is 16.3 Å². The molecule has 2 aromatic rings. The smallest absolute Gasteiger partial charge is 0.337 e. The van der Waals surface area contributed by atoms with E-state index in [4.69, 9.17) is 10.8 Å². The van der Waals surface area contributed by atoms with E-state index in [1.807, 2.05) is 13.0 Å². The Morgan fingerprint density at radius 2 is 2.22 bits per heavy atom. The molecule has 18 heavy (non-hydrogen) atoms. The van der Waals surface area contributed by atoms with Crippen LogP contribution in [0.25, 0.3) is 0 Å². The summed E-state index contributed by atoms with van der Waals surface area (Å²) < 4.78 is 1.70. The van der Waals surface area contributed by atoms with Crippen LogP contribution in [0.1, 0.15) is 16.1 Å². The van der Waals surface area contributed by atoms with Gasteiger partial charge in [0.2, 0.25) is 0 Å². The molecule has 0 bridgehead atoms. The number of hydrogen-bond donors (Lipinski definition) is 2. The summed E-state index contributed by atoms with van der Waals surface area (Å²) in [4.78, 5) is 15.6. The third-order valence-corrected chi connectivity index (χ3v) is 3.43. The Morgan fingerprint density at radius 3 is 2.78 bits per heavy atom. The van der Waals surface area contributed by atoms with Crippen LogP contribution in [-0.4, -0.2) is 25.8 Å². The molecule has 0 atom stereocenters. The molecule has 0 aliphatic heterocycles. The fraction of sp³-hybridized carbons (Fsp3) is 0.182.